The van der Waals surface area contributed by atoms with E-state index in [1.54, 1.807) is 24.3 Å². The standard InChI is InChI=1S/C23H25ClN4O2/c24-19-7-5-17(6-8-19)23(30)28-13-11-27(12-14-28)16-22(29)25-10-9-18-15-26-21-4-2-1-3-20(18)21/h1-8,15,26H,9-14,16H2,(H,25,29). The van der Waals surface area contributed by atoms with Crippen LogP contribution in [0.15, 0.2) is 54.7 Å². The van der Waals surface area contributed by atoms with Gasteiger partial charge in [-0.15, -0.1) is 0 Å². The van der Waals surface area contributed by atoms with Crippen LogP contribution in [0.2, 0.25) is 5.02 Å². The molecule has 1 aliphatic rings. The zero-order valence-electron chi connectivity index (χ0n) is 16.7. The summed E-state index contributed by atoms with van der Waals surface area (Å²) < 4.78 is 0. The van der Waals surface area contributed by atoms with Crippen LogP contribution in [0.5, 0.6) is 0 Å². The molecule has 3 aromatic rings. The number of aromatic amines is 1. The number of carbonyl (C=O) groups excluding carboxylic acids is 2. The Hall–Kier alpha value is -2.83. The van der Waals surface area contributed by atoms with E-state index in [1.807, 2.05) is 23.2 Å². The van der Waals surface area contributed by atoms with E-state index < -0.39 is 0 Å². The van der Waals surface area contributed by atoms with Crippen LogP contribution in [-0.4, -0.2) is 65.9 Å². The molecule has 1 fully saturated rings. The maximum absolute atomic E-state index is 12.6. The Labute approximate surface area is 180 Å². The number of para-hydroxylation sites is 1. The summed E-state index contributed by atoms with van der Waals surface area (Å²) in [6.45, 7) is 3.57. The average molecular weight is 425 g/mol. The molecule has 0 saturated carbocycles. The van der Waals surface area contributed by atoms with E-state index in [4.69, 9.17) is 11.6 Å². The Morgan fingerprint density at radius 3 is 2.50 bits per heavy atom. The van der Waals surface area contributed by atoms with Crippen molar-refractivity contribution in [3.63, 3.8) is 0 Å². The van der Waals surface area contributed by atoms with Gasteiger partial charge < -0.3 is 15.2 Å². The van der Waals surface area contributed by atoms with Crippen LogP contribution in [0.4, 0.5) is 0 Å². The normalized spacial score (nSPS) is 14.8. The number of hydrogen-bond acceptors (Lipinski definition) is 3. The molecule has 2 aromatic carbocycles. The van der Waals surface area contributed by atoms with Gasteiger partial charge in [-0.1, -0.05) is 29.8 Å². The minimum Gasteiger partial charge on any atom is -0.361 e. The molecule has 6 nitrogen and oxygen atoms in total. The molecule has 2 amide bonds. The largest absolute Gasteiger partial charge is 0.361 e. The topological polar surface area (TPSA) is 68.4 Å². The van der Waals surface area contributed by atoms with E-state index in [1.165, 1.54) is 10.9 Å². The number of nitrogens with one attached hydrogen (secondary N) is 2. The van der Waals surface area contributed by atoms with Crippen LogP contribution in [0.25, 0.3) is 10.9 Å². The SMILES string of the molecule is O=C(CN1CCN(C(=O)c2ccc(Cl)cc2)CC1)NCCc1c[nH]c2ccccc12. The van der Waals surface area contributed by atoms with Gasteiger partial charge in [-0.05, 0) is 42.3 Å². The molecular formula is C23H25ClN4O2. The number of piperazine rings is 1. The minimum atomic E-state index is 0.00879. The van der Waals surface area contributed by atoms with Crippen molar-refractivity contribution in [3.8, 4) is 0 Å². The van der Waals surface area contributed by atoms with Crippen molar-refractivity contribution in [1.82, 2.24) is 20.1 Å². The lowest BCUT2D eigenvalue weighted by molar-refractivity contribution is -0.122. The number of carbonyl (C=O) groups is 2. The summed E-state index contributed by atoms with van der Waals surface area (Å²) in [4.78, 5) is 32.1. The van der Waals surface area contributed by atoms with E-state index in [0.717, 1.165) is 11.9 Å². The highest BCUT2D eigenvalue weighted by atomic mass is 35.5. The number of aromatic nitrogens is 1. The first-order valence-corrected chi connectivity index (χ1v) is 10.6. The highest BCUT2D eigenvalue weighted by molar-refractivity contribution is 6.30. The fourth-order valence-electron chi connectivity index (χ4n) is 3.82. The molecule has 2 heterocycles. The molecule has 0 aliphatic carbocycles. The second-order valence-corrected chi connectivity index (χ2v) is 7.97. The molecule has 0 bridgehead atoms. The maximum Gasteiger partial charge on any atom is 0.253 e. The number of benzene rings is 2. The van der Waals surface area contributed by atoms with E-state index in [9.17, 15) is 9.59 Å². The van der Waals surface area contributed by atoms with E-state index in [2.05, 4.69) is 27.3 Å². The van der Waals surface area contributed by atoms with Crippen LogP contribution in [0.1, 0.15) is 15.9 Å². The summed E-state index contributed by atoms with van der Waals surface area (Å²) in [7, 11) is 0. The lowest BCUT2D eigenvalue weighted by Gasteiger charge is -2.34. The van der Waals surface area contributed by atoms with Gasteiger partial charge in [0.05, 0.1) is 6.54 Å². The van der Waals surface area contributed by atoms with Crippen LogP contribution in [0.3, 0.4) is 0 Å². The van der Waals surface area contributed by atoms with Gasteiger partial charge in [-0.3, -0.25) is 14.5 Å². The van der Waals surface area contributed by atoms with Crippen molar-refractivity contribution in [3.05, 3.63) is 70.9 Å². The summed E-state index contributed by atoms with van der Waals surface area (Å²) in [5, 5.41) is 4.83. The zero-order chi connectivity index (χ0) is 20.9. The number of rotatable bonds is 6. The first kappa shape index (κ1) is 20.4. The molecule has 7 heteroatoms. The predicted molar refractivity (Wildman–Crippen MR) is 119 cm³/mol. The summed E-state index contributed by atoms with van der Waals surface area (Å²) in [5.74, 6) is 0.0295. The van der Waals surface area contributed by atoms with Crippen molar-refractivity contribution < 1.29 is 9.59 Å². The van der Waals surface area contributed by atoms with Crippen molar-refractivity contribution in [2.24, 2.45) is 0 Å². The van der Waals surface area contributed by atoms with Gasteiger partial charge in [0.25, 0.3) is 5.91 Å². The second kappa shape index (κ2) is 9.32. The van der Waals surface area contributed by atoms with Gasteiger partial charge >= 0.3 is 0 Å². The molecule has 0 radical (unpaired) electrons. The summed E-state index contributed by atoms with van der Waals surface area (Å²) in [5.41, 5.74) is 2.97. The third-order valence-corrected chi connectivity index (χ3v) is 5.76. The van der Waals surface area contributed by atoms with Gasteiger partial charge in [-0.25, -0.2) is 0 Å². The molecule has 1 aromatic heterocycles. The molecule has 156 valence electrons. The van der Waals surface area contributed by atoms with Crippen molar-refractivity contribution in [2.45, 2.75) is 6.42 Å². The molecule has 30 heavy (non-hydrogen) atoms. The number of nitrogens with zero attached hydrogens (tertiary/aromatic N) is 2. The quantitative estimate of drug-likeness (QED) is 0.639. The molecule has 1 saturated heterocycles. The highest BCUT2D eigenvalue weighted by Gasteiger charge is 2.23. The van der Waals surface area contributed by atoms with Gasteiger partial charge in [0.15, 0.2) is 0 Å². The Kier molecular flexibility index (Phi) is 6.35. The van der Waals surface area contributed by atoms with Gasteiger partial charge in [-0.2, -0.15) is 0 Å². The van der Waals surface area contributed by atoms with Crippen LogP contribution in [0, 0.1) is 0 Å². The third kappa shape index (κ3) is 4.83. The number of amides is 2. The highest BCUT2D eigenvalue weighted by Crippen LogP contribution is 2.17. The number of fused-ring (bicyclic) bond motifs is 1. The molecular weight excluding hydrogens is 400 g/mol. The Bertz CT molecular complexity index is 1020. The summed E-state index contributed by atoms with van der Waals surface area (Å²) in [6.07, 6.45) is 2.80. The van der Waals surface area contributed by atoms with Gasteiger partial charge in [0.2, 0.25) is 5.91 Å². The van der Waals surface area contributed by atoms with Crippen LogP contribution >= 0.6 is 11.6 Å². The Balaban J connectivity index is 1.20. The van der Waals surface area contributed by atoms with E-state index in [-0.39, 0.29) is 11.8 Å². The van der Waals surface area contributed by atoms with Crippen LogP contribution < -0.4 is 5.32 Å². The average Bonchev–Trinajstić information content (AvgIpc) is 3.17. The first-order valence-electron chi connectivity index (χ1n) is 10.2. The summed E-state index contributed by atoms with van der Waals surface area (Å²) in [6, 6.07) is 15.1. The lowest BCUT2D eigenvalue weighted by atomic mass is 10.1. The minimum absolute atomic E-state index is 0.00879. The Morgan fingerprint density at radius 2 is 1.73 bits per heavy atom. The lowest BCUT2D eigenvalue weighted by Crippen LogP contribution is -2.51. The van der Waals surface area contributed by atoms with Gasteiger partial charge in [0.1, 0.15) is 0 Å². The first-order chi connectivity index (χ1) is 14.6. The molecule has 0 spiro atoms. The van der Waals surface area contributed by atoms with Gasteiger partial charge in [0, 0.05) is 60.4 Å². The Morgan fingerprint density at radius 1 is 1.00 bits per heavy atom. The number of halogens is 1. The fourth-order valence-corrected chi connectivity index (χ4v) is 3.94. The smallest absolute Gasteiger partial charge is 0.253 e. The molecule has 0 unspecified atom stereocenters. The maximum atomic E-state index is 12.6. The van der Waals surface area contributed by atoms with Crippen molar-refractivity contribution >= 4 is 34.3 Å². The molecule has 2 N–H and O–H groups in total. The van der Waals surface area contributed by atoms with Crippen LogP contribution in [-0.2, 0) is 11.2 Å². The summed E-state index contributed by atoms with van der Waals surface area (Å²) >= 11 is 5.89. The zero-order valence-corrected chi connectivity index (χ0v) is 17.5. The number of H-pyrrole nitrogens is 1. The number of hydrogen-bond donors (Lipinski definition) is 2. The molecule has 0 atom stereocenters. The fraction of sp³-hybridized carbons (Fsp3) is 0.304. The molecule has 1 aliphatic heterocycles. The van der Waals surface area contributed by atoms with E-state index >= 15 is 0 Å². The van der Waals surface area contributed by atoms with E-state index in [0.29, 0.717) is 49.9 Å². The van der Waals surface area contributed by atoms with Crippen molar-refractivity contribution in [2.75, 3.05) is 39.3 Å². The second-order valence-electron chi connectivity index (χ2n) is 7.53. The van der Waals surface area contributed by atoms with Crippen molar-refractivity contribution in [1.29, 1.82) is 0 Å². The predicted octanol–water partition coefficient (Wildman–Crippen LogP) is 2.94. The molecule has 4 rings (SSSR count). The monoisotopic (exact) mass is 424 g/mol. The third-order valence-electron chi connectivity index (χ3n) is 5.51.